The second-order valence-electron chi connectivity index (χ2n) is 12.8. The summed E-state index contributed by atoms with van der Waals surface area (Å²) in [7, 11) is 0. The molecule has 0 saturated heterocycles. The van der Waals surface area contributed by atoms with Gasteiger partial charge in [0.05, 0.1) is 28.5 Å². The largest absolute Gasteiger partial charge is 0.484 e. The van der Waals surface area contributed by atoms with Crippen molar-refractivity contribution in [2.24, 2.45) is 5.73 Å². The minimum absolute atomic E-state index is 0.106. The van der Waals surface area contributed by atoms with Crippen LogP contribution < -0.4 is 10.5 Å². The van der Waals surface area contributed by atoms with Crippen molar-refractivity contribution >= 4 is 34.7 Å². The summed E-state index contributed by atoms with van der Waals surface area (Å²) < 4.78 is 11.5. The van der Waals surface area contributed by atoms with Crippen LogP contribution in [0.15, 0.2) is 109 Å². The van der Waals surface area contributed by atoms with Crippen molar-refractivity contribution in [2.45, 2.75) is 31.8 Å². The van der Waals surface area contributed by atoms with Crippen LogP contribution in [0, 0.1) is 18.3 Å². The topological polar surface area (TPSA) is 68.9 Å². The number of aromatic nitrogens is 2. The average Bonchev–Trinajstić information content (AvgIpc) is 3.77. The van der Waals surface area contributed by atoms with Gasteiger partial charge in [0, 0.05) is 57.2 Å². The van der Waals surface area contributed by atoms with E-state index in [-0.39, 0.29) is 12.0 Å². The number of benzene rings is 4. The number of ether oxygens (including phenoxy) is 1. The highest BCUT2D eigenvalue weighted by molar-refractivity contribution is 5.94. The average molecular weight is 623 g/mol. The van der Waals surface area contributed by atoms with E-state index in [0.29, 0.717) is 12.1 Å². The normalized spacial score (nSPS) is 17.4. The number of nitrogens with zero attached hydrogens (tertiary/aromatic N) is 3. The molecule has 2 atom stereocenters. The number of fused-ring (bicyclic) bond motifs is 8. The highest BCUT2D eigenvalue weighted by atomic mass is 16.5. The number of nitrogens with two attached hydrogens (primary N) is 1. The Hall–Kier alpha value is -5.83. The SMILES string of the molecule is Cc1c(/C=C\CN)n(-c2ccc(C#N)cc2C2=Cc3c4c(n(-c5ccccc5)c3CC2)C=CC2c3ccccc3OC42)c2ccccc12. The maximum Gasteiger partial charge on any atom is 0.137 e. The van der Waals surface area contributed by atoms with E-state index in [1.54, 1.807) is 0 Å². The zero-order valence-corrected chi connectivity index (χ0v) is 26.7. The number of aryl methyl sites for hydroxylation is 1. The lowest BCUT2D eigenvalue weighted by molar-refractivity contribution is 0.223. The van der Waals surface area contributed by atoms with Crippen LogP contribution >= 0.6 is 0 Å². The molecule has 0 spiro atoms. The molecule has 2 aliphatic carbocycles. The van der Waals surface area contributed by atoms with E-state index in [2.05, 4.69) is 137 Å². The Morgan fingerprint density at radius 1 is 0.938 bits per heavy atom. The van der Waals surface area contributed by atoms with Crippen LogP contribution in [0.3, 0.4) is 0 Å². The Labute approximate surface area is 280 Å². The van der Waals surface area contributed by atoms with Gasteiger partial charge in [-0.15, -0.1) is 0 Å². The van der Waals surface area contributed by atoms with E-state index >= 15 is 0 Å². The monoisotopic (exact) mass is 622 g/mol. The molecule has 5 nitrogen and oxygen atoms in total. The van der Waals surface area contributed by atoms with Crippen molar-refractivity contribution in [2.75, 3.05) is 6.54 Å². The van der Waals surface area contributed by atoms with E-state index in [1.807, 2.05) is 12.1 Å². The molecule has 4 aromatic carbocycles. The van der Waals surface area contributed by atoms with Gasteiger partial charge in [-0.05, 0) is 91.6 Å². The van der Waals surface area contributed by atoms with Gasteiger partial charge in [-0.3, -0.25) is 0 Å². The van der Waals surface area contributed by atoms with Gasteiger partial charge in [-0.25, -0.2) is 0 Å². The molecular weight excluding hydrogens is 589 g/mol. The number of hydrogen-bond acceptors (Lipinski definition) is 3. The van der Waals surface area contributed by atoms with Gasteiger partial charge in [0.1, 0.15) is 11.9 Å². The van der Waals surface area contributed by atoms with Crippen molar-refractivity contribution in [3.05, 3.63) is 160 Å². The predicted molar refractivity (Wildman–Crippen MR) is 194 cm³/mol. The van der Waals surface area contributed by atoms with Gasteiger partial charge < -0.3 is 19.6 Å². The minimum Gasteiger partial charge on any atom is -0.484 e. The maximum absolute atomic E-state index is 10.1. The third-order valence-electron chi connectivity index (χ3n) is 10.3. The van der Waals surface area contributed by atoms with E-state index in [1.165, 1.54) is 44.6 Å². The van der Waals surface area contributed by atoms with Crippen molar-refractivity contribution in [3.8, 4) is 23.2 Å². The molecule has 2 aromatic heterocycles. The number of rotatable bonds is 5. The Balaban J connectivity index is 1.29. The van der Waals surface area contributed by atoms with Crippen LogP contribution in [-0.4, -0.2) is 15.7 Å². The first-order chi connectivity index (χ1) is 23.7. The van der Waals surface area contributed by atoms with E-state index in [9.17, 15) is 5.26 Å². The fraction of sp³-hybridized carbons (Fsp3) is 0.140. The first kappa shape index (κ1) is 28.4. The Kier molecular flexibility index (Phi) is 6.60. The molecule has 6 aromatic rings. The van der Waals surface area contributed by atoms with Gasteiger partial charge in [-0.1, -0.05) is 66.7 Å². The van der Waals surface area contributed by atoms with Crippen LogP contribution in [0.1, 0.15) is 68.9 Å². The van der Waals surface area contributed by atoms with Crippen molar-refractivity contribution < 1.29 is 4.74 Å². The maximum atomic E-state index is 10.1. The zero-order chi connectivity index (χ0) is 32.4. The van der Waals surface area contributed by atoms with Gasteiger partial charge in [-0.2, -0.15) is 5.26 Å². The van der Waals surface area contributed by atoms with Crippen molar-refractivity contribution in [1.29, 1.82) is 5.26 Å². The molecule has 3 aliphatic rings. The molecule has 5 heteroatoms. The van der Waals surface area contributed by atoms with Gasteiger partial charge in [0.2, 0.25) is 0 Å². The lowest BCUT2D eigenvalue weighted by atomic mass is 9.82. The minimum atomic E-state index is -0.106. The van der Waals surface area contributed by atoms with Crippen molar-refractivity contribution in [1.82, 2.24) is 9.13 Å². The quantitative estimate of drug-likeness (QED) is 0.208. The molecule has 2 unspecified atom stereocenters. The van der Waals surface area contributed by atoms with Crippen LogP contribution in [0.2, 0.25) is 0 Å². The van der Waals surface area contributed by atoms with Crippen molar-refractivity contribution in [3.63, 3.8) is 0 Å². The molecule has 0 fully saturated rings. The Morgan fingerprint density at radius 2 is 1.75 bits per heavy atom. The third-order valence-corrected chi connectivity index (χ3v) is 10.3. The highest BCUT2D eigenvalue weighted by Crippen LogP contribution is 2.54. The molecular formula is C43H34N4O. The molecule has 232 valence electrons. The summed E-state index contributed by atoms with van der Waals surface area (Å²) in [5.74, 6) is 1.12. The van der Waals surface area contributed by atoms with E-state index in [0.717, 1.165) is 46.7 Å². The molecule has 0 radical (unpaired) electrons. The molecule has 48 heavy (non-hydrogen) atoms. The number of hydrogen-bond donors (Lipinski definition) is 1. The lowest BCUT2D eigenvalue weighted by Gasteiger charge is -2.23. The van der Waals surface area contributed by atoms with Crippen LogP contribution in [0.5, 0.6) is 5.75 Å². The standard InChI is InChI=1S/C43H34N4O/c1-27-31-12-5-7-14-37(31)47(36(27)15-9-23-44)38-20-17-28(26-45)24-34(38)29-18-21-39-35(25-29)42-40(46(39)30-10-3-2-4-11-30)22-19-33-32-13-6-8-16-41(32)48-43(33)42/h2-17,19-20,22,24-25,33,43H,18,21,23,44H2,1H3/b15-9-. The summed E-state index contributed by atoms with van der Waals surface area (Å²) in [5, 5.41) is 11.3. The summed E-state index contributed by atoms with van der Waals surface area (Å²) in [6.07, 6.45) is 12.7. The Bertz CT molecular complexity index is 2400. The second kappa shape index (κ2) is 11.2. The molecule has 1 aliphatic heterocycles. The van der Waals surface area contributed by atoms with E-state index in [4.69, 9.17) is 10.5 Å². The highest BCUT2D eigenvalue weighted by Gasteiger charge is 2.41. The summed E-state index contributed by atoms with van der Waals surface area (Å²) in [6, 6.07) is 36.1. The molecule has 9 rings (SSSR count). The smallest absolute Gasteiger partial charge is 0.137 e. The van der Waals surface area contributed by atoms with Crippen LogP contribution in [-0.2, 0) is 6.42 Å². The third kappa shape index (κ3) is 4.20. The molecule has 0 amide bonds. The summed E-state index contributed by atoms with van der Waals surface area (Å²) in [6.45, 7) is 2.63. The van der Waals surface area contributed by atoms with Crippen LogP contribution in [0.4, 0.5) is 0 Å². The van der Waals surface area contributed by atoms with Gasteiger partial charge in [0.25, 0.3) is 0 Å². The van der Waals surface area contributed by atoms with Gasteiger partial charge in [0.15, 0.2) is 0 Å². The summed E-state index contributed by atoms with van der Waals surface area (Å²) in [4.78, 5) is 0. The second-order valence-corrected chi connectivity index (χ2v) is 12.8. The first-order valence-corrected chi connectivity index (χ1v) is 16.6. The number of para-hydroxylation sites is 3. The van der Waals surface area contributed by atoms with Gasteiger partial charge >= 0.3 is 0 Å². The Morgan fingerprint density at radius 3 is 2.60 bits per heavy atom. The predicted octanol–water partition coefficient (Wildman–Crippen LogP) is 9.30. The molecule has 0 saturated carbocycles. The van der Waals surface area contributed by atoms with Crippen LogP contribution in [0.25, 0.3) is 46.1 Å². The first-order valence-electron chi connectivity index (χ1n) is 16.6. The zero-order valence-electron chi connectivity index (χ0n) is 26.7. The fourth-order valence-corrected chi connectivity index (χ4v) is 8.13. The fourth-order valence-electron chi connectivity index (χ4n) is 8.13. The summed E-state index contributed by atoms with van der Waals surface area (Å²) in [5.41, 5.74) is 20.7. The lowest BCUT2D eigenvalue weighted by Crippen LogP contribution is -2.14. The summed E-state index contributed by atoms with van der Waals surface area (Å²) >= 11 is 0. The molecule has 0 bridgehead atoms. The molecule has 2 N–H and O–H groups in total. The number of allylic oxidation sites excluding steroid dienone is 1. The number of nitriles is 1. The van der Waals surface area contributed by atoms with E-state index < -0.39 is 0 Å². The molecule has 3 heterocycles.